The monoisotopic (exact) mass is 599 g/mol. The number of nitrogens with two attached hydrogens (primary N) is 2. The summed E-state index contributed by atoms with van der Waals surface area (Å²) in [6, 6.07) is 3.69. The van der Waals surface area contributed by atoms with E-state index in [4.69, 9.17) is 25.7 Å². The smallest absolute Gasteiger partial charge is 0.414 e. The fraction of sp³-hybridized carbons (Fsp3) is 0.600. The summed E-state index contributed by atoms with van der Waals surface area (Å²) in [5.74, 6) is 1.60. The highest BCUT2D eigenvalue weighted by Crippen LogP contribution is 2.57. The van der Waals surface area contributed by atoms with E-state index in [-0.39, 0.29) is 36.8 Å². The van der Waals surface area contributed by atoms with Crippen LogP contribution >= 0.6 is 0 Å². The van der Waals surface area contributed by atoms with Gasteiger partial charge in [0.1, 0.15) is 11.8 Å². The largest absolute Gasteiger partial charge is 0.493 e. The topological polar surface area (TPSA) is 174 Å². The van der Waals surface area contributed by atoms with Gasteiger partial charge in [0.15, 0.2) is 23.6 Å². The number of aliphatic imine (C=N–C) groups is 1. The molecule has 5 atom stereocenters. The van der Waals surface area contributed by atoms with Crippen LogP contribution in [0.5, 0.6) is 11.5 Å². The highest BCUT2D eigenvalue weighted by atomic mass is 16.6. The van der Waals surface area contributed by atoms with Gasteiger partial charge in [0.2, 0.25) is 11.8 Å². The van der Waals surface area contributed by atoms with Crippen molar-refractivity contribution in [2.24, 2.45) is 22.4 Å². The Bertz CT molecular complexity index is 1260. The lowest BCUT2D eigenvalue weighted by Crippen LogP contribution is -2.49. The third kappa shape index (κ3) is 7.15. The molecule has 0 fully saturated rings. The molecule has 0 saturated heterocycles. The number of methoxy groups -OCH3 is 1. The minimum atomic E-state index is -0.738. The number of amides is 3. The number of carbonyl (C=O) groups excluding carboxylic acids is 3. The number of nitrogens with zero attached hydrogens (tertiary/aromatic N) is 3. The van der Waals surface area contributed by atoms with Crippen molar-refractivity contribution in [3.8, 4) is 11.5 Å². The van der Waals surface area contributed by atoms with Crippen molar-refractivity contribution in [1.29, 1.82) is 0 Å². The number of allylic oxidation sites excluding steroid dienone is 1. The third-order valence-corrected chi connectivity index (χ3v) is 8.60. The van der Waals surface area contributed by atoms with Gasteiger partial charge >= 0.3 is 6.09 Å². The maximum atomic E-state index is 13.1. The normalized spacial score (nSPS) is 22.0. The lowest BCUT2D eigenvalue weighted by atomic mass is 9.66. The standard InChI is InChI=1S/C30H45N7O6/c1-6-36(3)21-16-18-9-11-22(41-5)26-24(18)25-19(21)10-12-23(27(25)43-26)42-30(40)37(4)15-14-33-28(39)20(35-17(2)38)8-7-13-34-29(31)32/h9,11-12,19-21,25,27H,6-8,10,13-16H2,1-5H3,(H,33,39)(H,35,38)(H4,31,32,34)/t19-,20-,21+,25?,27-/m0/s1. The molecule has 1 aliphatic heterocycles. The van der Waals surface area contributed by atoms with Crippen molar-refractivity contribution >= 4 is 23.9 Å². The van der Waals surface area contributed by atoms with Crippen LogP contribution in [0.1, 0.15) is 50.2 Å². The van der Waals surface area contributed by atoms with Crippen molar-refractivity contribution in [1.82, 2.24) is 20.4 Å². The molecule has 1 heterocycles. The third-order valence-electron chi connectivity index (χ3n) is 8.60. The number of guanidine groups is 1. The number of hydrogen-bond acceptors (Lipinski definition) is 8. The van der Waals surface area contributed by atoms with Crippen LogP contribution in [0.15, 0.2) is 29.0 Å². The summed E-state index contributed by atoms with van der Waals surface area (Å²) in [6.45, 7) is 5.18. The predicted octanol–water partition coefficient (Wildman–Crippen LogP) is 1.06. The molecule has 3 aliphatic rings. The Morgan fingerprint density at radius 2 is 2.00 bits per heavy atom. The fourth-order valence-electron chi connectivity index (χ4n) is 6.33. The molecular weight excluding hydrogens is 554 g/mol. The first kappa shape index (κ1) is 31.9. The van der Waals surface area contributed by atoms with Crippen molar-refractivity contribution < 1.29 is 28.6 Å². The quantitative estimate of drug-likeness (QED) is 0.147. The second-order valence-corrected chi connectivity index (χ2v) is 11.4. The first-order valence-corrected chi connectivity index (χ1v) is 14.8. The van der Waals surface area contributed by atoms with Gasteiger partial charge < -0.3 is 46.1 Å². The number of benzene rings is 1. The van der Waals surface area contributed by atoms with E-state index in [2.05, 4.69) is 40.6 Å². The molecule has 13 nitrogen and oxygen atoms in total. The highest BCUT2D eigenvalue weighted by Gasteiger charge is 2.52. The molecule has 0 aromatic heterocycles. The van der Waals surface area contributed by atoms with Gasteiger partial charge in [0, 0.05) is 51.1 Å². The Kier molecular flexibility index (Phi) is 10.4. The van der Waals surface area contributed by atoms with Crippen molar-refractivity contribution in [3.63, 3.8) is 0 Å². The first-order chi connectivity index (χ1) is 20.5. The molecule has 1 aromatic rings. The average Bonchev–Trinajstić information content (AvgIpc) is 3.39. The zero-order chi connectivity index (χ0) is 31.3. The van der Waals surface area contributed by atoms with E-state index in [1.54, 1.807) is 14.2 Å². The molecule has 13 heteroatoms. The molecule has 6 N–H and O–H groups in total. The molecule has 1 unspecified atom stereocenters. The van der Waals surface area contributed by atoms with E-state index < -0.39 is 18.2 Å². The van der Waals surface area contributed by atoms with Gasteiger partial charge in [-0.3, -0.25) is 14.6 Å². The van der Waals surface area contributed by atoms with Gasteiger partial charge in [-0.1, -0.05) is 13.0 Å². The average molecular weight is 600 g/mol. The van der Waals surface area contributed by atoms with E-state index in [0.29, 0.717) is 42.9 Å². The van der Waals surface area contributed by atoms with E-state index in [0.717, 1.165) is 25.1 Å². The van der Waals surface area contributed by atoms with Crippen molar-refractivity contribution in [2.75, 3.05) is 47.4 Å². The van der Waals surface area contributed by atoms with Gasteiger partial charge in [-0.2, -0.15) is 0 Å². The maximum Gasteiger partial charge on any atom is 0.414 e. The van der Waals surface area contributed by atoms with Gasteiger partial charge in [-0.05, 0) is 62.9 Å². The van der Waals surface area contributed by atoms with E-state index >= 15 is 0 Å². The summed E-state index contributed by atoms with van der Waals surface area (Å²) in [5.41, 5.74) is 13.1. The van der Waals surface area contributed by atoms with Crippen LogP contribution in [-0.2, 0) is 20.7 Å². The Morgan fingerprint density at radius 1 is 1.23 bits per heavy atom. The van der Waals surface area contributed by atoms with E-state index in [1.165, 1.54) is 23.0 Å². The Labute approximate surface area is 253 Å². The van der Waals surface area contributed by atoms with Gasteiger partial charge in [0.05, 0.1) is 7.11 Å². The summed E-state index contributed by atoms with van der Waals surface area (Å²) >= 11 is 0. The zero-order valence-electron chi connectivity index (χ0n) is 25.7. The summed E-state index contributed by atoms with van der Waals surface area (Å²) in [7, 11) is 5.40. The van der Waals surface area contributed by atoms with Gasteiger partial charge in [-0.15, -0.1) is 0 Å². The van der Waals surface area contributed by atoms with Crippen LogP contribution in [0.25, 0.3) is 0 Å². The molecular formula is C30H45N7O6. The summed E-state index contributed by atoms with van der Waals surface area (Å²) in [4.78, 5) is 45.2. The lowest BCUT2D eigenvalue weighted by Gasteiger charge is -2.44. The van der Waals surface area contributed by atoms with Gasteiger partial charge in [0.25, 0.3) is 0 Å². The molecule has 0 saturated carbocycles. The van der Waals surface area contributed by atoms with Crippen LogP contribution < -0.4 is 31.6 Å². The van der Waals surface area contributed by atoms with Crippen LogP contribution in [0.2, 0.25) is 0 Å². The molecule has 236 valence electrons. The molecule has 43 heavy (non-hydrogen) atoms. The predicted molar refractivity (Wildman–Crippen MR) is 162 cm³/mol. The van der Waals surface area contributed by atoms with Crippen LogP contribution in [0, 0.1) is 5.92 Å². The molecule has 0 bridgehead atoms. The minimum Gasteiger partial charge on any atom is -0.493 e. The van der Waals surface area contributed by atoms with Crippen LogP contribution in [-0.4, -0.2) is 99.2 Å². The molecule has 0 spiro atoms. The van der Waals surface area contributed by atoms with Crippen molar-refractivity contribution in [3.05, 3.63) is 35.1 Å². The minimum absolute atomic E-state index is 0.0280. The van der Waals surface area contributed by atoms with Gasteiger partial charge in [-0.25, -0.2) is 4.79 Å². The maximum absolute atomic E-state index is 13.1. The number of likely N-dealkylation sites (N-methyl/N-ethyl adjacent to an activating group) is 2. The zero-order valence-corrected chi connectivity index (χ0v) is 25.7. The second-order valence-electron chi connectivity index (χ2n) is 11.4. The molecule has 4 rings (SSSR count). The summed E-state index contributed by atoms with van der Waals surface area (Å²) < 4.78 is 18.0. The van der Waals surface area contributed by atoms with Crippen molar-refractivity contribution in [2.45, 2.75) is 63.6 Å². The number of rotatable bonds is 13. The molecule has 1 aromatic carbocycles. The number of hydrogen-bond donors (Lipinski definition) is 4. The summed E-state index contributed by atoms with van der Waals surface area (Å²) in [6.07, 6.45) is 3.60. The lowest BCUT2D eigenvalue weighted by molar-refractivity contribution is -0.128. The summed E-state index contributed by atoms with van der Waals surface area (Å²) in [5, 5.41) is 5.43. The first-order valence-electron chi connectivity index (χ1n) is 14.8. The van der Waals surface area contributed by atoms with E-state index in [1.807, 2.05) is 12.1 Å². The van der Waals surface area contributed by atoms with E-state index in [9.17, 15) is 14.4 Å². The number of ether oxygens (including phenoxy) is 3. The Balaban J connectivity index is 1.37. The number of nitrogens with one attached hydrogen (secondary N) is 2. The Morgan fingerprint density at radius 3 is 2.67 bits per heavy atom. The molecule has 2 aliphatic carbocycles. The fourth-order valence-corrected chi connectivity index (χ4v) is 6.33. The van der Waals surface area contributed by atoms with Crippen LogP contribution in [0.4, 0.5) is 4.79 Å². The Hall–Kier alpha value is -4.00. The SMILES string of the molecule is CCN(C)[C@@H]1Cc2ccc(OC)c3c2C2[C@H]1CC=C(OC(=O)N(C)CCNC(=O)[C@H](CCCN=C(N)N)NC(C)=O)[C@@H]2O3. The highest BCUT2D eigenvalue weighted by molar-refractivity contribution is 5.86. The number of carbonyl (C=O) groups is 3. The second kappa shape index (κ2) is 14.0. The molecule has 0 radical (unpaired) electrons. The molecule has 3 amide bonds. The van der Waals surface area contributed by atoms with Crippen LogP contribution in [0.3, 0.4) is 0 Å².